The number of piperidine rings is 1. The lowest BCUT2D eigenvalue weighted by atomic mass is 9.92. The number of thiazole rings is 1. The number of hydrogen-bond donors (Lipinski definition) is 1. The molecule has 6 heteroatoms. The maximum atomic E-state index is 12.6. The number of nitrogens with one attached hydrogen (secondary N) is 1. The highest BCUT2D eigenvalue weighted by Crippen LogP contribution is 2.33. The van der Waals surface area contributed by atoms with Gasteiger partial charge in [-0.2, -0.15) is 0 Å². The smallest absolute Gasteiger partial charge is 0.246 e. The fourth-order valence-corrected chi connectivity index (χ4v) is 4.67. The van der Waals surface area contributed by atoms with E-state index in [0.29, 0.717) is 5.92 Å². The summed E-state index contributed by atoms with van der Waals surface area (Å²) in [6.07, 6.45) is 7.17. The summed E-state index contributed by atoms with van der Waals surface area (Å²) in [6, 6.07) is 20.4. The second-order valence-electron chi connectivity index (χ2n) is 7.92. The number of hydrogen-bond acceptors (Lipinski definition) is 5. The van der Waals surface area contributed by atoms with Crippen molar-refractivity contribution in [2.75, 3.05) is 18.4 Å². The van der Waals surface area contributed by atoms with Crippen molar-refractivity contribution in [2.45, 2.75) is 18.8 Å². The standard InChI is InChI=1S/C26H24N4OS/c31-24(11-10-19-6-2-1-3-7-19)30-15-12-20(13-16-30)23-18-21-8-4-5-9-22(21)25(28-23)29-26-27-14-17-32-26/h1-11,14,17-18,20H,12-13,15-16H2,(H,27,28,29)/b11-10+. The number of amides is 1. The van der Waals surface area contributed by atoms with E-state index in [-0.39, 0.29) is 5.91 Å². The van der Waals surface area contributed by atoms with E-state index in [0.717, 1.165) is 53.5 Å². The predicted octanol–water partition coefficient (Wildman–Crippen LogP) is 5.85. The summed E-state index contributed by atoms with van der Waals surface area (Å²) in [6.45, 7) is 1.48. The molecule has 0 atom stereocenters. The van der Waals surface area contributed by atoms with Crippen molar-refractivity contribution in [3.63, 3.8) is 0 Å². The van der Waals surface area contributed by atoms with Crippen molar-refractivity contribution in [3.8, 4) is 0 Å². The van der Waals surface area contributed by atoms with Gasteiger partial charge in [-0.3, -0.25) is 4.79 Å². The Labute approximate surface area is 191 Å². The van der Waals surface area contributed by atoms with Crippen LogP contribution in [0.3, 0.4) is 0 Å². The van der Waals surface area contributed by atoms with Crippen molar-refractivity contribution in [3.05, 3.63) is 89.6 Å². The van der Waals surface area contributed by atoms with Crippen LogP contribution >= 0.6 is 11.3 Å². The molecule has 0 unspecified atom stereocenters. The molecule has 1 saturated heterocycles. The predicted molar refractivity (Wildman–Crippen MR) is 131 cm³/mol. The Kier molecular flexibility index (Phi) is 5.94. The largest absolute Gasteiger partial charge is 0.339 e. The zero-order chi connectivity index (χ0) is 21.8. The molecule has 0 radical (unpaired) electrons. The monoisotopic (exact) mass is 440 g/mol. The fraction of sp³-hybridized carbons (Fsp3) is 0.192. The van der Waals surface area contributed by atoms with Gasteiger partial charge in [-0.05, 0) is 35.9 Å². The number of carbonyl (C=O) groups excluding carboxylic acids is 1. The molecule has 32 heavy (non-hydrogen) atoms. The SMILES string of the molecule is O=C(/C=C/c1ccccc1)N1CCC(c2cc3ccccc3c(Nc3nccs3)n2)CC1. The molecule has 5 nitrogen and oxygen atoms in total. The second kappa shape index (κ2) is 9.32. The van der Waals surface area contributed by atoms with Crippen molar-refractivity contribution >= 4 is 45.0 Å². The Morgan fingerprint density at radius 1 is 1.06 bits per heavy atom. The molecule has 4 aromatic rings. The number of rotatable bonds is 5. The Bertz CT molecular complexity index is 1230. The average molecular weight is 441 g/mol. The van der Waals surface area contributed by atoms with Crippen LogP contribution in [0.1, 0.15) is 30.0 Å². The zero-order valence-corrected chi connectivity index (χ0v) is 18.5. The Morgan fingerprint density at radius 2 is 1.84 bits per heavy atom. The van der Waals surface area contributed by atoms with Gasteiger partial charge in [0.15, 0.2) is 5.13 Å². The van der Waals surface area contributed by atoms with Crippen LogP contribution in [-0.2, 0) is 4.79 Å². The molecule has 1 amide bonds. The number of benzene rings is 2. The van der Waals surface area contributed by atoms with Gasteiger partial charge in [0.25, 0.3) is 0 Å². The highest BCUT2D eigenvalue weighted by Gasteiger charge is 2.24. The van der Waals surface area contributed by atoms with Crippen LogP contribution < -0.4 is 5.32 Å². The lowest BCUT2D eigenvalue weighted by Crippen LogP contribution is -2.37. The van der Waals surface area contributed by atoms with Gasteiger partial charge in [0.2, 0.25) is 5.91 Å². The van der Waals surface area contributed by atoms with E-state index < -0.39 is 0 Å². The Balaban J connectivity index is 1.30. The summed E-state index contributed by atoms with van der Waals surface area (Å²) in [7, 11) is 0. The van der Waals surface area contributed by atoms with Crippen molar-refractivity contribution < 1.29 is 4.79 Å². The van der Waals surface area contributed by atoms with E-state index >= 15 is 0 Å². The summed E-state index contributed by atoms with van der Waals surface area (Å²) < 4.78 is 0. The van der Waals surface area contributed by atoms with Crippen LogP contribution in [-0.4, -0.2) is 33.9 Å². The molecule has 2 aromatic heterocycles. The molecule has 160 valence electrons. The Hall–Kier alpha value is -3.51. The molecule has 1 N–H and O–H groups in total. The van der Waals surface area contributed by atoms with Gasteiger partial charge < -0.3 is 10.2 Å². The van der Waals surface area contributed by atoms with Gasteiger partial charge in [0, 0.05) is 47.7 Å². The summed E-state index contributed by atoms with van der Waals surface area (Å²) in [5.74, 6) is 1.25. The molecule has 5 rings (SSSR count). The van der Waals surface area contributed by atoms with Crippen LogP contribution in [0.4, 0.5) is 10.9 Å². The molecular weight excluding hydrogens is 416 g/mol. The maximum absolute atomic E-state index is 12.6. The third kappa shape index (κ3) is 4.55. The summed E-state index contributed by atoms with van der Waals surface area (Å²) in [5.41, 5.74) is 2.12. The van der Waals surface area contributed by atoms with Crippen LogP contribution in [0.25, 0.3) is 16.8 Å². The summed E-state index contributed by atoms with van der Waals surface area (Å²) in [4.78, 5) is 23.9. The molecule has 1 aliphatic heterocycles. The molecule has 0 bridgehead atoms. The minimum absolute atomic E-state index is 0.0740. The number of aromatic nitrogens is 2. The number of anilines is 2. The second-order valence-corrected chi connectivity index (χ2v) is 8.82. The highest BCUT2D eigenvalue weighted by atomic mass is 32.1. The first kappa shape index (κ1) is 20.4. The van der Waals surface area contributed by atoms with Crippen molar-refractivity contribution in [1.82, 2.24) is 14.9 Å². The minimum Gasteiger partial charge on any atom is -0.339 e. The quantitative estimate of drug-likeness (QED) is 0.395. The van der Waals surface area contributed by atoms with Gasteiger partial charge in [-0.1, -0.05) is 54.6 Å². The van der Waals surface area contributed by atoms with Crippen LogP contribution in [0.2, 0.25) is 0 Å². The fourth-order valence-electron chi connectivity index (χ4n) is 4.14. The van der Waals surface area contributed by atoms with Crippen molar-refractivity contribution in [2.24, 2.45) is 0 Å². The van der Waals surface area contributed by atoms with Crippen LogP contribution in [0.15, 0.2) is 78.3 Å². The number of carbonyl (C=O) groups is 1. The van der Waals surface area contributed by atoms with E-state index in [4.69, 9.17) is 4.98 Å². The van der Waals surface area contributed by atoms with E-state index in [9.17, 15) is 4.79 Å². The number of fused-ring (bicyclic) bond motifs is 1. The molecule has 0 spiro atoms. The Morgan fingerprint density at radius 3 is 2.62 bits per heavy atom. The zero-order valence-electron chi connectivity index (χ0n) is 17.6. The third-order valence-corrected chi connectivity index (χ3v) is 6.55. The van der Waals surface area contributed by atoms with Gasteiger partial charge in [-0.25, -0.2) is 9.97 Å². The van der Waals surface area contributed by atoms with Gasteiger partial charge in [0.1, 0.15) is 5.82 Å². The first-order valence-electron chi connectivity index (χ1n) is 10.8. The summed E-state index contributed by atoms with van der Waals surface area (Å²) >= 11 is 1.56. The van der Waals surface area contributed by atoms with E-state index in [1.54, 1.807) is 23.6 Å². The van der Waals surface area contributed by atoms with E-state index in [1.165, 1.54) is 5.39 Å². The maximum Gasteiger partial charge on any atom is 0.246 e. The highest BCUT2D eigenvalue weighted by molar-refractivity contribution is 7.13. The molecular formula is C26H24N4OS. The molecule has 0 saturated carbocycles. The molecule has 3 heterocycles. The molecule has 2 aromatic carbocycles. The number of pyridine rings is 1. The van der Waals surface area contributed by atoms with Gasteiger partial charge in [-0.15, -0.1) is 11.3 Å². The van der Waals surface area contributed by atoms with Gasteiger partial charge >= 0.3 is 0 Å². The number of nitrogens with zero attached hydrogens (tertiary/aromatic N) is 3. The van der Waals surface area contributed by atoms with Crippen molar-refractivity contribution in [1.29, 1.82) is 0 Å². The summed E-state index contributed by atoms with van der Waals surface area (Å²) in [5, 5.41) is 8.43. The molecule has 1 aliphatic rings. The van der Waals surface area contributed by atoms with Crippen LogP contribution in [0, 0.1) is 0 Å². The average Bonchev–Trinajstić information content (AvgIpc) is 3.36. The van der Waals surface area contributed by atoms with Gasteiger partial charge in [0.05, 0.1) is 0 Å². The van der Waals surface area contributed by atoms with Crippen LogP contribution in [0.5, 0.6) is 0 Å². The first-order chi connectivity index (χ1) is 15.8. The molecule has 1 fully saturated rings. The minimum atomic E-state index is 0.0740. The third-order valence-electron chi connectivity index (χ3n) is 5.86. The first-order valence-corrected chi connectivity index (χ1v) is 11.7. The lowest BCUT2D eigenvalue weighted by molar-refractivity contribution is -0.126. The van der Waals surface area contributed by atoms with E-state index in [1.807, 2.05) is 52.8 Å². The molecule has 0 aliphatic carbocycles. The normalized spacial score (nSPS) is 14.8. The number of likely N-dealkylation sites (tertiary alicyclic amines) is 1. The van der Waals surface area contributed by atoms with E-state index in [2.05, 4.69) is 34.6 Å². The topological polar surface area (TPSA) is 58.1 Å². The lowest BCUT2D eigenvalue weighted by Gasteiger charge is -2.31.